The molecule has 0 unspecified atom stereocenters. The molecule has 0 atom stereocenters. The summed E-state index contributed by atoms with van der Waals surface area (Å²) in [6, 6.07) is 5.32. The van der Waals surface area contributed by atoms with E-state index < -0.39 is 0 Å². The predicted octanol–water partition coefficient (Wildman–Crippen LogP) is 2.19. The van der Waals surface area contributed by atoms with Crippen LogP contribution >= 0.6 is 0 Å². The van der Waals surface area contributed by atoms with Gasteiger partial charge in [0.1, 0.15) is 5.82 Å². The van der Waals surface area contributed by atoms with Crippen LogP contribution in [0.3, 0.4) is 0 Å². The number of aliphatic imine (C=N–C) groups is 1. The molecule has 2 rings (SSSR count). The Morgan fingerprint density at radius 3 is 2.62 bits per heavy atom. The van der Waals surface area contributed by atoms with E-state index in [9.17, 15) is 4.39 Å². The number of rotatable bonds is 4. The smallest absolute Gasteiger partial charge is 0.191 e. The first-order chi connectivity index (χ1) is 10.1. The largest absolute Gasteiger partial charge is 0.370 e. The minimum absolute atomic E-state index is 0.173. The number of guanidine groups is 1. The lowest BCUT2D eigenvalue weighted by molar-refractivity contribution is 0.338. The topological polar surface area (TPSA) is 44.9 Å². The van der Waals surface area contributed by atoms with Crippen molar-refractivity contribution in [2.24, 2.45) is 10.7 Å². The summed E-state index contributed by atoms with van der Waals surface area (Å²) in [7, 11) is 3.86. The van der Waals surface area contributed by atoms with Gasteiger partial charge < -0.3 is 15.5 Å². The summed E-state index contributed by atoms with van der Waals surface area (Å²) in [5.41, 5.74) is 7.57. The maximum absolute atomic E-state index is 14.0. The number of nitrogens with two attached hydrogens (primary N) is 1. The first-order valence-electron chi connectivity index (χ1n) is 7.53. The van der Waals surface area contributed by atoms with E-state index in [0.29, 0.717) is 24.6 Å². The van der Waals surface area contributed by atoms with Crippen molar-refractivity contribution in [3.05, 3.63) is 35.1 Å². The van der Waals surface area contributed by atoms with Crippen LogP contribution in [0.2, 0.25) is 0 Å². The van der Waals surface area contributed by atoms with E-state index >= 15 is 0 Å². The minimum atomic E-state index is -0.173. The average Bonchev–Trinajstić information content (AvgIpc) is 2.48. The molecular weight excluding hydrogens is 267 g/mol. The van der Waals surface area contributed by atoms with Crippen LogP contribution in [-0.2, 0) is 13.1 Å². The Morgan fingerprint density at radius 2 is 2.00 bits per heavy atom. The van der Waals surface area contributed by atoms with E-state index in [2.05, 4.69) is 9.89 Å². The van der Waals surface area contributed by atoms with Gasteiger partial charge in [-0.05, 0) is 45.0 Å². The average molecular weight is 292 g/mol. The third kappa shape index (κ3) is 4.70. The van der Waals surface area contributed by atoms with Crippen molar-refractivity contribution in [2.75, 3.05) is 27.2 Å². The SMILES string of the molecule is CN(C)Cc1ccc(CN=C(N)N2CCCCC2)cc1F. The second-order valence-electron chi connectivity index (χ2n) is 5.89. The van der Waals surface area contributed by atoms with Gasteiger partial charge in [0.2, 0.25) is 0 Å². The van der Waals surface area contributed by atoms with Crippen LogP contribution < -0.4 is 5.73 Å². The number of benzene rings is 1. The van der Waals surface area contributed by atoms with Gasteiger partial charge in [0, 0.05) is 25.2 Å². The van der Waals surface area contributed by atoms with Gasteiger partial charge in [-0.2, -0.15) is 0 Å². The third-order valence-electron chi connectivity index (χ3n) is 3.71. The molecule has 21 heavy (non-hydrogen) atoms. The Hall–Kier alpha value is -1.62. The lowest BCUT2D eigenvalue weighted by Gasteiger charge is -2.27. The lowest BCUT2D eigenvalue weighted by atomic mass is 10.1. The van der Waals surface area contributed by atoms with Crippen molar-refractivity contribution in [1.82, 2.24) is 9.80 Å². The van der Waals surface area contributed by atoms with Gasteiger partial charge in [0.05, 0.1) is 6.54 Å². The fraction of sp³-hybridized carbons (Fsp3) is 0.562. The van der Waals surface area contributed by atoms with Gasteiger partial charge in [-0.1, -0.05) is 12.1 Å². The van der Waals surface area contributed by atoms with Gasteiger partial charge in [0.25, 0.3) is 0 Å². The van der Waals surface area contributed by atoms with Crippen molar-refractivity contribution < 1.29 is 4.39 Å². The zero-order chi connectivity index (χ0) is 15.2. The van der Waals surface area contributed by atoms with Crippen molar-refractivity contribution in [3.63, 3.8) is 0 Å². The molecule has 116 valence electrons. The number of halogens is 1. The Balaban J connectivity index is 1.97. The van der Waals surface area contributed by atoms with Gasteiger partial charge >= 0.3 is 0 Å². The number of nitrogens with zero attached hydrogens (tertiary/aromatic N) is 3. The molecule has 1 aliphatic rings. The quantitative estimate of drug-likeness (QED) is 0.683. The molecule has 1 aromatic rings. The van der Waals surface area contributed by atoms with Gasteiger partial charge in [-0.15, -0.1) is 0 Å². The zero-order valence-electron chi connectivity index (χ0n) is 13.0. The summed E-state index contributed by atoms with van der Waals surface area (Å²) in [5, 5.41) is 0. The molecule has 0 aromatic heterocycles. The fourth-order valence-corrected chi connectivity index (χ4v) is 2.55. The molecule has 1 heterocycles. The van der Waals surface area contributed by atoms with E-state index in [-0.39, 0.29) is 5.82 Å². The molecule has 1 aliphatic heterocycles. The van der Waals surface area contributed by atoms with E-state index in [1.165, 1.54) is 19.3 Å². The number of hydrogen-bond acceptors (Lipinski definition) is 2. The van der Waals surface area contributed by atoms with Gasteiger partial charge in [-0.25, -0.2) is 9.38 Å². The van der Waals surface area contributed by atoms with Crippen LogP contribution in [0.25, 0.3) is 0 Å². The number of hydrogen-bond donors (Lipinski definition) is 1. The molecule has 1 saturated heterocycles. The molecule has 0 spiro atoms. The molecule has 2 N–H and O–H groups in total. The molecule has 5 heteroatoms. The summed E-state index contributed by atoms with van der Waals surface area (Å²) in [6.45, 7) is 2.99. The zero-order valence-corrected chi connectivity index (χ0v) is 13.0. The normalized spacial score (nSPS) is 16.6. The number of piperidine rings is 1. The first kappa shape index (κ1) is 15.8. The summed E-state index contributed by atoms with van der Waals surface area (Å²) in [5.74, 6) is 0.403. The van der Waals surface area contributed by atoms with Crippen LogP contribution in [0.4, 0.5) is 4.39 Å². The van der Waals surface area contributed by atoms with E-state index in [1.807, 2.05) is 31.1 Å². The van der Waals surface area contributed by atoms with Crippen molar-refractivity contribution >= 4 is 5.96 Å². The van der Waals surface area contributed by atoms with Gasteiger partial charge in [-0.3, -0.25) is 0 Å². The van der Waals surface area contributed by atoms with Crippen molar-refractivity contribution in [1.29, 1.82) is 0 Å². The first-order valence-corrected chi connectivity index (χ1v) is 7.53. The maximum Gasteiger partial charge on any atom is 0.191 e. The van der Waals surface area contributed by atoms with E-state index in [1.54, 1.807) is 6.07 Å². The van der Waals surface area contributed by atoms with Crippen molar-refractivity contribution in [3.8, 4) is 0 Å². The molecule has 0 aliphatic carbocycles. The Morgan fingerprint density at radius 1 is 1.29 bits per heavy atom. The summed E-state index contributed by atoms with van der Waals surface area (Å²) in [4.78, 5) is 8.45. The standard InChI is InChI=1S/C16H25FN4/c1-20(2)12-14-7-6-13(10-15(14)17)11-19-16(18)21-8-4-3-5-9-21/h6-7,10H,3-5,8-9,11-12H2,1-2H3,(H2,18,19). The molecule has 0 bridgehead atoms. The van der Waals surface area contributed by atoms with Crippen LogP contribution in [-0.4, -0.2) is 42.9 Å². The van der Waals surface area contributed by atoms with E-state index in [0.717, 1.165) is 18.7 Å². The van der Waals surface area contributed by atoms with Crippen molar-refractivity contribution in [2.45, 2.75) is 32.4 Å². The summed E-state index contributed by atoms with van der Waals surface area (Å²) >= 11 is 0. The Labute approximate surface area is 126 Å². The molecular formula is C16H25FN4. The van der Waals surface area contributed by atoms with Crippen LogP contribution in [0.5, 0.6) is 0 Å². The highest BCUT2D eigenvalue weighted by atomic mass is 19.1. The highest BCUT2D eigenvalue weighted by molar-refractivity contribution is 5.78. The molecule has 0 radical (unpaired) electrons. The van der Waals surface area contributed by atoms with Gasteiger partial charge in [0.15, 0.2) is 5.96 Å². The summed E-state index contributed by atoms with van der Waals surface area (Å²) < 4.78 is 14.0. The molecule has 0 amide bonds. The second-order valence-corrected chi connectivity index (χ2v) is 5.89. The molecule has 4 nitrogen and oxygen atoms in total. The van der Waals surface area contributed by atoms with Crippen LogP contribution in [0.1, 0.15) is 30.4 Å². The van der Waals surface area contributed by atoms with E-state index in [4.69, 9.17) is 5.73 Å². The highest BCUT2D eigenvalue weighted by Gasteiger charge is 2.11. The molecule has 1 aromatic carbocycles. The predicted molar refractivity (Wildman–Crippen MR) is 84.5 cm³/mol. The highest BCUT2D eigenvalue weighted by Crippen LogP contribution is 2.13. The summed E-state index contributed by atoms with van der Waals surface area (Å²) in [6.07, 6.45) is 3.61. The second kappa shape index (κ2) is 7.41. The minimum Gasteiger partial charge on any atom is -0.370 e. The Kier molecular flexibility index (Phi) is 5.56. The fourth-order valence-electron chi connectivity index (χ4n) is 2.55. The number of likely N-dealkylation sites (tertiary alicyclic amines) is 1. The molecule has 0 saturated carbocycles. The monoisotopic (exact) mass is 292 g/mol. The third-order valence-corrected chi connectivity index (χ3v) is 3.71. The van der Waals surface area contributed by atoms with Crippen LogP contribution in [0, 0.1) is 5.82 Å². The lowest BCUT2D eigenvalue weighted by Crippen LogP contribution is -2.40. The maximum atomic E-state index is 14.0. The Bertz CT molecular complexity index is 493. The van der Waals surface area contributed by atoms with Crippen LogP contribution in [0.15, 0.2) is 23.2 Å². The molecule has 1 fully saturated rings.